The average molecular weight is 402 g/mol. The van der Waals surface area contributed by atoms with Crippen LogP contribution in [-0.4, -0.2) is 78.6 Å². The summed E-state index contributed by atoms with van der Waals surface area (Å²) in [6.45, 7) is 11.5. The van der Waals surface area contributed by atoms with Gasteiger partial charge in [0.15, 0.2) is 0 Å². The summed E-state index contributed by atoms with van der Waals surface area (Å²) < 4.78 is 5.17. The first-order valence-electron chi connectivity index (χ1n) is 9.24. The van der Waals surface area contributed by atoms with Gasteiger partial charge < -0.3 is 14.5 Å². The molecule has 0 saturated heterocycles. The maximum atomic E-state index is 12.7. The van der Waals surface area contributed by atoms with Gasteiger partial charge in [-0.15, -0.1) is 0 Å². The van der Waals surface area contributed by atoms with Gasteiger partial charge in [-0.25, -0.2) is 9.90 Å². The Morgan fingerprint density at radius 3 is 1.82 bits per heavy atom. The molecule has 3 amide bonds. The van der Waals surface area contributed by atoms with E-state index in [9.17, 15) is 19.2 Å². The van der Waals surface area contributed by atoms with Crippen LogP contribution in [0.2, 0.25) is 0 Å². The highest BCUT2D eigenvalue weighted by molar-refractivity contribution is 5.88. The van der Waals surface area contributed by atoms with Gasteiger partial charge in [0.25, 0.3) is 0 Å². The topological polar surface area (TPSA) is 96.5 Å². The zero-order valence-corrected chi connectivity index (χ0v) is 18.7. The first kappa shape index (κ1) is 25.8. The summed E-state index contributed by atoms with van der Waals surface area (Å²) in [5.41, 5.74) is -0.712. The van der Waals surface area contributed by atoms with Crippen LogP contribution in [0.3, 0.4) is 0 Å². The minimum absolute atomic E-state index is 0.207. The van der Waals surface area contributed by atoms with Crippen LogP contribution < -0.4 is 0 Å². The zero-order chi connectivity index (χ0) is 22.4. The van der Waals surface area contributed by atoms with Crippen LogP contribution in [0.15, 0.2) is 0 Å². The number of amides is 3. The lowest BCUT2D eigenvalue weighted by molar-refractivity contribution is -0.268. The number of hydroxylamine groups is 2. The second-order valence-electron chi connectivity index (χ2n) is 8.18. The predicted molar refractivity (Wildman–Crippen MR) is 104 cm³/mol. The van der Waals surface area contributed by atoms with E-state index in [-0.39, 0.29) is 11.8 Å². The number of nitrogens with zero attached hydrogens (tertiary/aromatic N) is 3. The van der Waals surface area contributed by atoms with Crippen molar-refractivity contribution in [1.29, 1.82) is 0 Å². The largest absolute Gasteiger partial charge is 0.433 e. The Hall–Kier alpha value is -2.16. The molecule has 9 heteroatoms. The first-order chi connectivity index (χ1) is 12.6. The molecule has 28 heavy (non-hydrogen) atoms. The first-order valence-corrected chi connectivity index (χ1v) is 9.24. The molecule has 162 valence electrons. The Balaban J connectivity index is 5.07. The molecule has 4 unspecified atom stereocenters. The molecule has 0 fully saturated rings. The number of ether oxygens (including phenoxy) is 1. The number of carbonyl (C=O) groups is 4. The molecule has 0 spiro atoms. The third-order valence-electron chi connectivity index (χ3n) is 4.50. The van der Waals surface area contributed by atoms with E-state index in [1.807, 2.05) is 0 Å². The van der Waals surface area contributed by atoms with Crippen LogP contribution in [-0.2, 0) is 28.8 Å². The normalized spacial score (nSPS) is 15.6. The molecule has 0 aromatic carbocycles. The highest BCUT2D eigenvalue weighted by Crippen LogP contribution is 2.19. The summed E-state index contributed by atoms with van der Waals surface area (Å²) in [4.78, 5) is 56.4. The van der Waals surface area contributed by atoms with Crippen molar-refractivity contribution in [2.75, 3.05) is 21.1 Å². The SMILES string of the molecule is CC(OC(=O)C(C)(C)C)ON(C=O)C(C)C(C)C(=O)N(C)C(C)C(=O)N(C)C. The number of rotatable bonds is 9. The minimum atomic E-state index is -1.01. The maximum absolute atomic E-state index is 12.7. The maximum Gasteiger partial charge on any atom is 0.313 e. The van der Waals surface area contributed by atoms with Crippen LogP contribution >= 0.6 is 0 Å². The lowest BCUT2D eigenvalue weighted by Crippen LogP contribution is -2.51. The molecule has 0 aliphatic rings. The highest BCUT2D eigenvalue weighted by atomic mass is 16.8. The molecule has 0 N–H and O–H groups in total. The van der Waals surface area contributed by atoms with E-state index in [0.29, 0.717) is 6.41 Å². The van der Waals surface area contributed by atoms with E-state index in [0.717, 1.165) is 5.06 Å². The molecule has 0 aromatic heterocycles. The van der Waals surface area contributed by atoms with Crippen molar-refractivity contribution in [1.82, 2.24) is 14.9 Å². The summed E-state index contributed by atoms with van der Waals surface area (Å²) in [6, 6.07) is -1.29. The smallest absolute Gasteiger partial charge is 0.313 e. The van der Waals surface area contributed by atoms with E-state index in [2.05, 4.69) is 0 Å². The monoisotopic (exact) mass is 401 g/mol. The molecule has 0 aliphatic heterocycles. The fraction of sp³-hybridized carbons (Fsp3) is 0.789. The molecule has 0 aromatic rings. The molecule has 0 radical (unpaired) electrons. The van der Waals surface area contributed by atoms with E-state index in [1.165, 1.54) is 23.8 Å². The van der Waals surface area contributed by atoms with Gasteiger partial charge >= 0.3 is 5.97 Å². The Labute approximate surface area is 167 Å². The quantitative estimate of drug-likeness (QED) is 0.250. The molecular weight excluding hydrogens is 366 g/mol. The van der Waals surface area contributed by atoms with Crippen molar-refractivity contribution >= 4 is 24.2 Å². The highest BCUT2D eigenvalue weighted by Gasteiger charge is 2.33. The number of esters is 1. The average Bonchev–Trinajstić information content (AvgIpc) is 2.61. The number of hydrogen-bond acceptors (Lipinski definition) is 6. The summed E-state index contributed by atoms with van der Waals surface area (Å²) in [5.74, 6) is -1.65. The van der Waals surface area contributed by atoms with E-state index in [4.69, 9.17) is 9.57 Å². The van der Waals surface area contributed by atoms with Gasteiger partial charge in [-0.2, -0.15) is 0 Å². The molecule has 0 heterocycles. The van der Waals surface area contributed by atoms with Gasteiger partial charge in [0.2, 0.25) is 24.5 Å². The Bertz CT molecular complexity index is 573. The van der Waals surface area contributed by atoms with Crippen LogP contribution in [0.5, 0.6) is 0 Å². The fourth-order valence-corrected chi connectivity index (χ4v) is 2.22. The summed E-state index contributed by atoms with van der Waals surface area (Å²) in [5, 5.41) is 0.954. The number of hydrogen-bond donors (Lipinski definition) is 0. The fourth-order valence-electron chi connectivity index (χ4n) is 2.22. The van der Waals surface area contributed by atoms with Crippen LogP contribution in [0.25, 0.3) is 0 Å². The third kappa shape index (κ3) is 7.10. The molecule has 0 aliphatic carbocycles. The minimum Gasteiger partial charge on any atom is -0.433 e. The van der Waals surface area contributed by atoms with Crippen molar-refractivity contribution in [3.8, 4) is 0 Å². The predicted octanol–water partition coefficient (Wildman–Crippen LogP) is 1.27. The van der Waals surface area contributed by atoms with Gasteiger partial charge in [-0.1, -0.05) is 6.92 Å². The molecule has 4 atom stereocenters. The van der Waals surface area contributed by atoms with E-state index < -0.39 is 35.7 Å². The molecule has 0 saturated carbocycles. The summed E-state index contributed by atoms with van der Waals surface area (Å²) in [7, 11) is 4.77. The second-order valence-corrected chi connectivity index (χ2v) is 8.18. The van der Waals surface area contributed by atoms with Gasteiger partial charge in [-0.05, 0) is 34.6 Å². The lowest BCUT2D eigenvalue weighted by Gasteiger charge is -2.34. The van der Waals surface area contributed by atoms with Gasteiger partial charge in [0.05, 0.1) is 17.4 Å². The van der Waals surface area contributed by atoms with Crippen molar-refractivity contribution in [3.63, 3.8) is 0 Å². The number of likely N-dealkylation sites (N-methyl/N-ethyl adjacent to an activating group) is 2. The van der Waals surface area contributed by atoms with Crippen molar-refractivity contribution in [3.05, 3.63) is 0 Å². The van der Waals surface area contributed by atoms with Crippen LogP contribution in [0, 0.1) is 11.3 Å². The Kier molecular flexibility index (Phi) is 9.60. The molecule has 9 nitrogen and oxygen atoms in total. The zero-order valence-electron chi connectivity index (χ0n) is 18.7. The molecular formula is C19H35N3O6. The van der Waals surface area contributed by atoms with Crippen LogP contribution in [0.4, 0.5) is 0 Å². The Morgan fingerprint density at radius 2 is 1.43 bits per heavy atom. The van der Waals surface area contributed by atoms with Gasteiger partial charge in [0.1, 0.15) is 6.04 Å². The van der Waals surface area contributed by atoms with E-state index in [1.54, 1.807) is 55.6 Å². The second kappa shape index (κ2) is 10.4. The van der Waals surface area contributed by atoms with Crippen LogP contribution in [0.1, 0.15) is 48.5 Å². The number of carbonyl (C=O) groups excluding carboxylic acids is 4. The van der Waals surface area contributed by atoms with Gasteiger partial charge in [-0.3, -0.25) is 19.2 Å². The summed E-state index contributed by atoms with van der Waals surface area (Å²) in [6.07, 6.45) is -0.571. The van der Waals surface area contributed by atoms with Gasteiger partial charge in [0, 0.05) is 28.1 Å². The van der Waals surface area contributed by atoms with Crippen molar-refractivity contribution < 1.29 is 28.8 Å². The summed E-state index contributed by atoms with van der Waals surface area (Å²) >= 11 is 0. The Morgan fingerprint density at radius 1 is 0.929 bits per heavy atom. The lowest BCUT2D eigenvalue weighted by atomic mass is 9.97. The molecule has 0 bridgehead atoms. The van der Waals surface area contributed by atoms with Crippen molar-refractivity contribution in [2.24, 2.45) is 11.3 Å². The third-order valence-corrected chi connectivity index (χ3v) is 4.50. The standard InChI is InChI=1S/C19H35N3O6/c1-12(16(24)21(10)14(3)17(25)20(8)9)13(2)22(11-23)28-15(4)27-18(26)19(5,6)7/h11-15H,1-10H3. The van der Waals surface area contributed by atoms with Crippen molar-refractivity contribution in [2.45, 2.75) is 66.8 Å². The molecule has 0 rings (SSSR count). The van der Waals surface area contributed by atoms with E-state index >= 15 is 0 Å².